The first-order chi connectivity index (χ1) is 13.1. The number of carbonyl (C=O) groups is 1. The van der Waals surface area contributed by atoms with Crippen LogP contribution in [0.5, 0.6) is 0 Å². The van der Waals surface area contributed by atoms with E-state index in [1.807, 2.05) is 47.4 Å². The van der Waals surface area contributed by atoms with Crippen LogP contribution in [0.15, 0.2) is 47.7 Å². The number of nitrogens with zero attached hydrogens (tertiary/aromatic N) is 3. The predicted molar refractivity (Wildman–Crippen MR) is 106 cm³/mol. The summed E-state index contributed by atoms with van der Waals surface area (Å²) in [5.74, 6) is 0.554. The minimum absolute atomic E-state index is 0.0186. The van der Waals surface area contributed by atoms with Crippen molar-refractivity contribution in [1.29, 1.82) is 0 Å². The van der Waals surface area contributed by atoms with Crippen molar-refractivity contribution in [2.24, 2.45) is 11.1 Å². The van der Waals surface area contributed by atoms with Crippen LogP contribution in [0.4, 0.5) is 4.79 Å². The summed E-state index contributed by atoms with van der Waals surface area (Å²) < 4.78 is 0. The number of hydrogen-bond donors (Lipinski definition) is 1. The van der Waals surface area contributed by atoms with E-state index in [1.54, 1.807) is 0 Å². The molecule has 0 spiro atoms. The summed E-state index contributed by atoms with van der Waals surface area (Å²) in [7, 11) is 0. The molecule has 3 aliphatic rings. The van der Waals surface area contributed by atoms with Crippen LogP contribution < -0.4 is 5.32 Å². The average Bonchev–Trinajstić information content (AvgIpc) is 3.08. The highest BCUT2D eigenvalue weighted by Crippen LogP contribution is 2.24. The molecule has 0 saturated carbocycles. The quantitative estimate of drug-likeness (QED) is 0.819. The van der Waals surface area contributed by atoms with Gasteiger partial charge in [0, 0.05) is 32.7 Å². The molecule has 1 aromatic carbocycles. The Kier molecular flexibility index (Phi) is 5.38. The molecule has 1 aliphatic carbocycles. The monoisotopic (exact) mass is 406 g/mol. The van der Waals surface area contributed by atoms with E-state index < -0.39 is 0 Å². The van der Waals surface area contributed by atoms with Gasteiger partial charge in [0.1, 0.15) is 0 Å². The third-order valence-electron chi connectivity index (χ3n) is 4.96. The molecule has 0 bridgehead atoms. The van der Waals surface area contributed by atoms with Gasteiger partial charge in [0.15, 0.2) is 11.9 Å². The molecule has 0 aromatic heterocycles. The van der Waals surface area contributed by atoms with Crippen LogP contribution in [-0.4, -0.2) is 53.9 Å². The zero-order valence-corrected chi connectivity index (χ0v) is 16.2. The van der Waals surface area contributed by atoms with E-state index in [4.69, 9.17) is 28.0 Å². The third kappa shape index (κ3) is 4.13. The largest absolute Gasteiger partial charge is 0.386 e. The van der Waals surface area contributed by atoms with Gasteiger partial charge in [-0.2, -0.15) is 0 Å². The highest BCUT2D eigenvalue weighted by molar-refractivity contribution is 6.42. The van der Waals surface area contributed by atoms with Crippen LogP contribution in [0.3, 0.4) is 0 Å². The maximum Gasteiger partial charge on any atom is 0.322 e. The number of urea groups is 1. The Hall–Kier alpha value is -2.02. The van der Waals surface area contributed by atoms with Gasteiger partial charge in [0.2, 0.25) is 0 Å². The smallest absolute Gasteiger partial charge is 0.322 e. The molecular weight excluding hydrogens is 387 g/mol. The molecule has 1 N–H and O–H groups in total. The zero-order valence-electron chi connectivity index (χ0n) is 14.6. The second-order valence-electron chi connectivity index (χ2n) is 6.78. The Morgan fingerprint density at radius 2 is 1.93 bits per heavy atom. The van der Waals surface area contributed by atoms with E-state index in [2.05, 4.69) is 15.4 Å². The summed E-state index contributed by atoms with van der Waals surface area (Å²) in [6.07, 6.45) is 7.68. The van der Waals surface area contributed by atoms with E-state index in [0.717, 1.165) is 25.2 Å². The zero-order chi connectivity index (χ0) is 18.8. The van der Waals surface area contributed by atoms with Crippen molar-refractivity contribution in [3.63, 3.8) is 0 Å². The maximum atomic E-state index is 12.6. The van der Waals surface area contributed by atoms with Gasteiger partial charge in [0.25, 0.3) is 0 Å². The number of nitrogens with one attached hydrogen (secondary N) is 1. The number of amides is 2. The van der Waals surface area contributed by atoms with Gasteiger partial charge in [0.05, 0.1) is 16.0 Å². The van der Waals surface area contributed by atoms with Crippen molar-refractivity contribution >= 4 is 35.1 Å². The second kappa shape index (κ2) is 7.92. The average molecular weight is 407 g/mol. The first kappa shape index (κ1) is 18.3. The van der Waals surface area contributed by atoms with Gasteiger partial charge in [-0.15, -0.1) is 0 Å². The van der Waals surface area contributed by atoms with E-state index in [0.29, 0.717) is 29.0 Å². The summed E-state index contributed by atoms with van der Waals surface area (Å²) in [5, 5.41) is 8.05. The van der Waals surface area contributed by atoms with E-state index in [1.165, 1.54) is 0 Å². The highest BCUT2D eigenvalue weighted by Gasteiger charge is 2.33. The lowest BCUT2D eigenvalue weighted by Crippen LogP contribution is -2.53. The van der Waals surface area contributed by atoms with Crippen molar-refractivity contribution < 1.29 is 9.63 Å². The van der Waals surface area contributed by atoms with E-state index in [9.17, 15) is 4.79 Å². The van der Waals surface area contributed by atoms with E-state index in [-0.39, 0.29) is 18.1 Å². The van der Waals surface area contributed by atoms with Crippen LogP contribution in [0.25, 0.3) is 0 Å². The molecule has 1 saturated heterocycles. The number of halogens is 2. The number of benzene rings is 1. The van der Waals surface area contributed by atoms with Crippen LogP contribution in [-0.2, 0) is 11.4 Å². The van der Waals surface area contributed by atoms with Gasteiger partial charge >= 0.3 is 6.03 Å². The Balaban J connectivity index is 1.27. The summed E-state index contributed by atoms with van der Waals surface area (Å²) >= 11 is 12.1. The van der Waals surface area contributed by atoms with E-state index >= 15 is 0 Å². The fraction of sp³-hybridized carbons (Fsp3) is 0.368. The fourth-order valence-electron chi connectivity index (χ4n) is 3.41. The summed E-state index contributed by atoms with van der Waals surface area (Å²) in [6.45, 7) is 3.70. The van der Waals surface area contributed by atoms with Gasteiger partial charge < -0.3 is 9.74 Å². The summed E-state index contributed by atoms with van der Waals surface area (Å²) in [6, 6.07) is 5.56. The van der Waals surface area contributed by atoms with Crippen LogP contribution in [0, 0.1) is 5.92 Å². The normalized spacial score (nSPS) is 24.4. The maximum absolute atomic E-state index is 12.6. The van der Waals surface area contributed by atoms with Crippen LogP contribution in [0.1, 0.15) is 5.56 Å². The molecule has 4 rings (SSSR count). The van der Waals surface area contributed by atoms with Crippen LogP contribution >= 0.6 is 23.2 Å². The van der Waals surface area contributed by atoms with Crippen molar-refractivity contribution in [3.05, 3.63) is 58.1 Å². The van der Waals surface area contributed by atoms with Gasteiger partial charge in [-0.25, -0.2) is 4.79 Å². The molecule has 2 heterocycles. The van der Waals surface area contributed by atoms with Crippen molar-refractivity contribution in [1.82, 2.24) is 15.1 Å². The predicted octanol–water partition coefficient (Wildman–Crippen LogP) is 3.28. The Bertz CT molecular complexity index is 816. The molecular formula is C19H20Cl2N4O2. The van der Waals surface area contributed by atoms with Gasteiger partial charge in [-0.3, -0.25) is 10.2 Å². The highest BCUT2D eigenvalue weighted by atomic mass is 35.5. The molecule has 2 amide bonds. The molecule has 2 unspecified atom stereocenters. The first-order valence-electron chi connectivity index (χ1n) is 8.91. The van der Waals surface area contributed by atoms with Crippen molar-refractivity contribution in [2.75, 3.05) is 26.2 Å². The minimum Gasteiger partial charge on any atom is -0.386 e. The molecule has 1 fully saturated rings. The number of oxime groups is 1. The lowest BCUT2D eigenvalue weighted by Gasteiger charge is -2.34. The SMILES string of the molecule is O=C(NC1=NOC2C=CC=CC12)N1CCN(Cc2ccc(Cl)c(Cl)c2)CC1. The van der Waals surface area contributed by atoms with Crippen molar-refractivity contribution in [3.8, 4) is 0 Å². The fourth-order valence-corrected chi connectivity index (χ4v) is 3.73. The standard InChI is InChI=1S/C19H20Cl2N4O2/c20-15-6-5-13(11-16(15)21)12-24-7-9-25(10-8-24)19(26)22-18-14-3-1-2-4-17(14)27-23-18/h1-6,11,14,17H,7-10,12H2,(H,22,23,26). The van der Waals surface area contributed by atoms with Crippen molar-refractivity contribution in [2.45, 2.75) is 12.6 Å². The molecule has 0 radical (unpaired) electrons. The third-order valence-corrected chi connectivity index (χ3v) is 5.70. The molecule has 27 heavy (non-hydrogen) atoms. The number of carbonyl (C=O) groups excluding carboxylic acids is 1. The molecule has 6 nitrogen and oxygen atoms in total. The number of amidine groups is 1. The molecule has 1 aromatic rings. The topological polar surface area (TPSA) is 57.2 Å². The Labute approximate surface area is 168 Å². The lowest BCUT2D eigenvalue weighted by atomic mass is 9.97. The van der Waals surface area contributed by atoms with Crippen LogP contribution in [0.2, 0.25) is 10.0 Å². The number of piperazine rings is 1. The lowest BCUT2D eigenvalue weighted by molar-refractivity contribution is 0.105. The molecule has 8 heteroatoms. The number of allylic oxidation sites excluding steroid dienone is 2. The Morgan fingerprint density at radius 1 is 1.15 bits per heavy atom. The number of fused-ring (bicyclic) bond motifs is 1. The second-order valence-corrected chi connectivity index (χ2v) is 7.60. The summed E-state index contributed by atoms with van der Waals surface area (Å²) in [5.41, 5.74) is 1.11. The molecule has 2 atom stereocenters. The Morgan fingerprint density at radius 3 is 2.70 bits per heavy atom. The molecule has 2 aliphatic heterocycles. The first-order valence-corrected chi connectivity index (χ1v) is 9.66. The summed E-state index contributed by atoms with van der Waals surface area (Å²) in [4.78, 5) is 22.0. The number of rotatable bonds is 2. The minimum atomic E-state index is -0.129. The van der Waals surface area contributed by atoms with Gasteiger partial charge in [-0.05, 0) is 23.8 Å². The van der Waals surface area contributed by atoms with Gasteiger partial charge in [-0.1, -0.05) is 52.7 Å². The molecule has 142 valence electrons. The number of hydrogen-bond acceptors (Lipinski definition) is 4.